The molecule has 0 heterocycles. The molecule has 0 spiro atoms. The van der Waals surface area contributed by atoms with Crippen molar-refractivity contribution in [3.05, 3.63) is 23.8 Å². The normalized spacial score (nSPS) is 48.4. The summed E-state index contributed by atoms with van der Waals surface area (Å²) in [6.07, 6.45) is 6.17. The minimum absolute atomic E-state index is 0.0610. The summed E-state index contributed by atoms with van der Waals surface area (Å²) < 4.78 is 4.91. The van der Waals surface area contributed by atoms with Crippen molar-refractivity contribution in [2.24, 2.45) is 28.6 Å². The lowest BCUT2D eigenvalue weighted by Crippen LogP contribution is -2.68. The number of carbonyl (C=O) groups is 3. The zero-order valence-corrected chi connectivity index (χ0v) is 19.2. The molecule has 4 aliphatic rings. The highest BCUT2D eigenvalue weighted by atomic mass is 35.5. The van der Waals surface area contributed by atoms with Crippen LogP contribution >= 0.6 is 11.6 Å². The Bertz CT molecular complexity index is 910. The average molecular weight is 451 g/mol. The summed E-state index contributed by atoms with van der Waals surface area (Å²) in [5, 5.41) is 23.2. The Balaban J connectivity index is 1.79. The number of fused-ring (bicyclic) bond motifs is 5. The summed E-state index contributed by atoms with van der Waals surface area (Å²) in [7, 11) is 0. The SMILES string of the molecule is CC(=O)OCC(=O)[C@@]1(O)[C@H](C)C[C@H]2[C@@H]3C=CC4=CC(=O)CC[C@]4(C)[C@@]3(Cl)[C@@H](O)C[C@@]21C. The lowest BCUT2D eigenvalue weighted by atomic mass is 9.46. The zero-order chi connectivity index (χ0) is 23.0. The molecule has 170 valence electrons. The van der Waals surface area contributed by atoms with Gasteiger partial charge in [0, 0.05) is 30.1 Å². The first-order valence-corrected chi connectivity index (χ1v) is 11.4. The molecule has 2 fully saturated rings. The Morgan fingerprint density at radius 2 is 2.00 bits per heavy atom. The van der Waals surface area contributed by atoms with Crippen molar-refractivity contribution in [1.29, 1.82) is 0 Å². The highest BCUT2D eigenvalue weighted by molar-refractivity contribution is 6.26. The lowest BCUT2D eigenvalue weighted by Gasteiger charge is -2.63. The van der Waals surface area contributed by atoms with E-state index in [-0.39, 0.29) is 30.0 Å². The minimum Gasteiger partial charge on any atom is -0.458 e. The monoisotopic (exact) mass is 450 g/mol. The van der Waals surface area contributed by atoms with Crippen LogP contribution in [0.4, 0.5) is 0 Å². The number of aliphatic hydroxyl groups is 2. The maximum absolute atomic E-state index is 13.1. The van der Waals surface area contributed by atoms with E-state index in [2.05, 4.69) is 0 Å². The molecule has 0 amide bonds. The molecule has 4 aliphatic carbocycles. The van der Waals surface area contributed by atoms with E-state index in [9.17, 15) is 24.6 Å². The molecule has 2 N–H and O–H groups in total. The fourth-order valence-electron chi connectivity index (χ4n) is 7.23. The number of hydrogen-bond donors (Lipinski definition) is 2. The number of ketones is 2. The Labute approximate surface area is 187 Å². The molecule has 0 bridgehead atoms. The smallest absolute Gasteiger partial charge is 0.303 e. The third-order valence-corrected chi connectivity index (χ3v) is 9.94. The topological polar surface area (TPSA) is 101 Å². The number of rotatable bonds is 3. The van der Waals surface area contributed by atoms with Crippen molar-refractivity contribution in [2.75, 3.05) is 6.61 Å². The molecule has 0 aromatic heterocycles. The number of hydrogen-bond acceptors (Lipinski definition) is 6. The molecule has 0 aromatic rings. The Morgan fingerprint density at radius 3 is 2.65 bits per heavy atom. The molecule has 31 heavy (non-hydrogen) atoms. The summed E-state index contributed by atoms with van der Waals surface area (Å²) in [5.41, 5.74) is -2.42. The van der Waals surface area contributed by atoms with Gasteiger partial charge in [-0.2, -0.15) is 0 Å². The van der Waals surface area contributed by atoms with Crippen LogP contribution in [0.15, 0.2) is 23.8 Å². The molecule has 7 heteroatoms. The molecule has 0 radical (unpaired) electrons. The van der Waals surface area contributed by atoms with Crippen LogP contribution in [0, 0.1) is 28.6 Å². The molecule has 6 nitrogen and oxygen atoms in total. The number of halogens is 1. The van der Waals surface area contributed by atoms with E-state index in [0.29, 0.717) is 19.3 Å². The molecule has 8 atom stereocenters. The third kappa shape index (κ3) is 2.74. The van der Waals surface area contributed by atoms with Gasteiger partial charge in [0.05, 0.1) is 11.0 Å². The molecule has 4 rings (SSSR count). The van der Waals surface area contributed by atoms with Gasteiger partial charge in [-0.15, -0.1) is 11.6 Å². The van der Waals surface area contributed by atoms with Crippen molar-refractivity contribution in [3.63, 3.8) is 0 Å². The molecule has 0 unspecified atom stereocenters. The Morgan fingerprint density at radius 1 is 1.32 bits per heavy atom. The van der Waals surface area contributed by atoms with Crippen molar-refractivity contribution in [2.45, 2.75) is 70.0 Å². The van der Waals surface area contributed by atoms with Crippen LogP contribution in [0.1, 0.15) is 53.4 Å². The average Bonchev–Trinajstić information content (AvgIpc) is 2.89. The number of allylic oxidation sites excluding steroid dienone is 4. The van der Waals surface area contributed by atoms with Crippen LogP contribution < -0.4 is 0 Å². The van der Waals surface area contributed by atoms with Crippen molar-refractivity contribution < 1.29 is 29.3 Å². The van der Waals surface area contributed by atoms with Crippen LogP contribution in [0.25, 0.3) is 0 Å². The lowest BCUT2D eigenvalue weighted by molar-refractivity contribution is -0.179. The zero-order valence-electron chi connectivity index (χ0n) is 18.5. The largest absolute Gasteiger partial charge is 0.458 e. The highest BCUT2D eigenvalue weighted by Crippen LogP contribution is 2.70. The van der Waals surface area contributed by atoms with Crippen molar-refractivity contribution in [3.8, 4) is 0 Å². The number of ether oxygens (including phenoxy) is 1. The number of alkyl halides is 1. The summed E-state index contributed by atoms with van der Waals surface area (Å²) >= 11 is 7.35. The first-order chi connectivity index (χ1) is 14.3. The second-order valence-electron chi connectivity index (χ2n) is 10.4. The van der Waals surface area contributed by atoms with Gasteiger partial charge in [-0.1, -0.05) is 32.9 Å². The number of carbonyl (C=O) groups excluding carboxylic acids is 3. The van der Waals surface area contributed by atoms with Gasteiger partial charge in [0.2, 0.25) is 5.78 Å². The number of esters is 1. The predicted octanol–water partition coefficient (Wildman–Crippen LogP) is 2.74. The standard InChI is InChI=1S/C24H31ClO6/c1-13-9-18-17-6-5-15-10-16(27)7-8-21(15,3)23(17,25)19(28)11-22(18,4)24(13,30)20(29)12-31-14(2)26/h5-6,10,13,17-19,28,30H,7-9,11-12H2,1-4H3/t13-,17+,18+,19+,21+,22+,23+,24+/m1/s1. The molecule has 0 aromatic carbocycles. The van der Waals surface area contributed by atoms with E-state index < -0.39 is 45.8 Å². The van der Waals surface area contributed by atoms with Gasteiger partial charge < -0.3 is 14.9 Å². The maximum Gasteiger partial charge on any atom is 0.303 e. The summed E-state index contributed by atoms with van der Waals surface area (Å²) in [6, 6.07) is 0. The number of aliphatic hydroxyl groups excluding tert-OH is 1. The summed E-state index contributed by atoms with van der Waals surface area (Å²) in [4.78, 5) is 35.3. The van der Waals surface area contributed by atoms with Gasteiger partial charge in [0.25, 0.3) is 0 Å². The minimum atomic E-state index is -1.74. The summed E-state index contributed by atoms with van der Waals surface area (Å²) in [6.45, 7) is 6.42. The van der Waals surface area contributed by atoms with Gasteiger partial charge in [-0.3, -0.25) is 14.4 Å². The van der Waals surface area contributed by atoms with E-state index in [1.54, 1.807) is 6.08 Å². The van der Waals surface area contributed by atoms with E-state index in [0.717, 1.165) is 5.57 Å². The first kappa shape index (κ1) is 22.7. The molecule has 2 saturated carbocycles. The molecule has 0 aliphatic heterocycles. The Kier molecular flexibility index (Phi) is 5.12. The second-order valence-corrected chi connectivity index (χ2v) is 11.0. The summed E-state index contributed by atoms with van der Waals surface area (Å²) in [5.74, 6) is -1.88. The van der Waals surface area contributed by atoms with E-state index in [4.69, 9.17) is 16.3 Å². The van der Waals surface area contributed by atoms with Crippen LogP contribution in [0.5, 0.6) is 0 Å². The van der Waals surface area contributed by atoms with Crippen molar-refractivity contribution in [1.82, 2.24) is 0 Å². The maximum atomic E-state index is 13.1. The van der Waals surface area contributed by atoms with Crippen molar-refractivity contribution >= 4 is 29.1 Å². The van der Waals surface area contributed by atoms with Crippen LogP contribution in [-0.2, 0) is 19.1 Å². The second kappa shape index (κ2) is 7.00. The van der Waals surface area contributed by atoms with E-state index in [1.165, 1.54) is 6.92 Å². The quantitative estimate of drug-likeness (QED) is 0.506. The van der Waals surface area contributed by atoms with Gasteiger partial charge in [0.15, 0.2) is 12.4 Å². The molecule has 0 saturated heterocycles. The van der Waals surface area contributed by atoms with E-state index >= 15 is 0 Å². The van der Waals surface area contributed by atoms with Gasteiger partial charge >= 0.3 is 5.97 Å². The first-order valence-electron chi connectivity index (χ1n) is 11.0. The molecular weight excluding hydrogens is 420 g/mol. The fourth-order valence-corrected chi connectivity index (χ4v) is 7.73. The van der Waals surface area contributed by atoms with Crippen LogP contribution in [0.2, 0.25) is 0 Å². The van der Waals surface area contributed by atoms with Crippen LogP contribution in [0.3, 0.4) is 0 Å². The third-order valence-electron chi connectivity index (χ3n) is 9.02. The van der Waals surface area contributed by atoms with Crippen LogP contribution in [-0.4, -0.2) is 50.9 Å². The predicted molar refractivity (Wildman–Crippen MR) is 114 cm³/mol. The van der Waals surface area contributed by atoms with Gasteiger partial charge in [-0.05, 0) is 42.7 Å². The highest BCUT2D eigenvalue weighted by Gasteiger charge is 2.74. The van der Waals surface area contributed by atoms with Gasteiger partial charge in [-0.25, -0.2) is 0 Å². The molecular formula is C24H31ClO6. The fraction of sp³-hybridized carbons (Fsp3) is 0.708. The van der Waals surface area contributed by atoms with Gasteiger partial charge in [0.1, 0.15) is 5.60 Å². The van der Waals surface area contributed by atoms with E-state index in [1.807, 2.05) is 32.9 Å². The Hall–Kier alpha value is -1.50. The number of Topliss-reactive ketones (excluding diaryl/α,β-unsaturated/α-hetero) is 1.